The van der Waals surface area contributed by atoms with Crippen LogP contribution in [0.5, 0.6) is 0 Å². The summed E-state index contributed by atoms with van der Waals surface area (Å²) >= 11 is 0. The van der Waals surface area contributed by atoms with Crippen molar-refractivity contribution in [2.24, 2.45) is 0 Å². The molecule has 1 saturated heterocycles. The lowest BCUT2D eigenvalue weighted by Crippen LogP contribution is -2.45. The molecule has 1 atom stereocenters. The minimum absolute atomic E-state index is 0. The summed E-state index contributed by atoms with van der Waals surface area (Å²) in [5, 5.41) is 3.25. The minimum atomic E-state index is -4.09. The Morgan fingerprint density at radius 3 is 2.04 bits per heavy atom. The smallest absolute Gasteiger partial charge is 0.314 e. The average molecular weight is 351 g/mol. The van der Waals surface area contributed by atoms with Gasteiger partial charge in [-0.05, 0) is 23.5 Å². The highest BCUT2D eigenvalue weighted by atomic mass is 35.5. The number of halogens is 4. The lowest BCUT2D eigenvalue weighted by Gasteiger charge is -2.35. The Kier molecular flexibility index (Phi) is 7.84. The van der Waals surface area contributed by atoms with Crippen LogP contribution in [0.3, 0.4) is 0 Å². The highest BCUT2D eigenvalue weighted by molar-refractivity contribution is 5.85. The zero-order chi connectivity index (χ0) is 16.2. The number of nitrogens with zero attached hydrogens (tertiary/aromatic N) is 1. The number of hydrogen-bond donors (Lipinski definition) is 1. The molecule has 0 amide bonds. The van der Waals surface area contributed by atoms with Gasteiger partial charge in [-0.3, -0.25) is 4.90 Å². The Morgan fingerprint density at radius 1 is 1.04 bits per heavy atom. The zero-order valence-electron chi connectivity index (χ0n) is 13.7. The van der Waals surface area contributed by atoms with Gasteiger partial charge in [-0.2, -0.15) is 13.2 Å². The van der Waals surface area contributed by atoms with Crippen molar-refractivity contribution in [2.75, 3.05) is 26.2 Å². The molecule has 1 N–H and O–H groups in total. The fourth-order valence-electron chi connectivity index (χ4n) is 2.96. The maximum Gasteiger partial charge on any atom is 0.389 e. The monoisotopic (exact) mass is 350 g/mol. The van der Waals surface area contributed by atoms with E-state index in [1.54, 1.807) is 0 Å². The molecule has 0 spiro atoms. The van der Waals surface area contributed by atoms with Gasteiger partial charge < -0.3 is 5.32 Å². The predicted octanol–water partition coefficient (Wildman–Crippen LogP) is 4.52. The van der Waals surface area contributed by atoms with Crippen LogP contribution in [0.15, 0.2) is 24.3 Å². The predicted molar refractivity (Wildman–Crippen MR) is 90.3 cm³/mol. The van der Waals surface area contributed by atoms with Crippen molar-refractivity contribution >= 4 is 12.4 Å². The molecular weight excluding hydrogens is 325 g/mol. The second kappa shape index (κ2) is 8.90. The topological polar surface area (TPSA) is 15.3 Å². The second-order valence-electron chi connectivity index (χ2n) is 6.28. The molecule has 1 aromatic rings. The Balaban J connectivity index is 0.00000264. The van der Waals surface area contributed by atoms with Gasteiger partial charge in [0.25, 0.3) is 0 Å². The molecule has 0 aliphatic carbocycles. The van der Waals surface area contributed by atoms with Gasteiger partial charge in [0.2, 0.25) is 0 Å². The van der Waals surface area contributed by atoms with E-state index in [1.165, 1.54) is 5.56 Å². The normalized spacial score (nSPS) is 17.8. The number of hydrogen-bond acceptors (Lipinski definition) is 2. The molecule has 132 valence electrons. The van der Waals surface area contributed by atoms with E-state index in [0.717, 1.165) is 31.7 Å². The largest absolute Gasteiger partial charge is 0.389 e. The van der Waals surface area contributed by atoms with Crippen LogP contribution in [0.1, 0.15) is 49.8 Å². The molecule has 1 aliphatic heterocycles. The van der Waals surface area contributed by atoms with E-state index in [9.17, 15) is 13.2 Å². The summed E-state index contributed by atoms with van der Waals surface area (Å²) < 4.78 is 37.9. The van der Waals surface area contributed by atoms with Crippen molar-refractivity contribution in [1.82, 2.24) is 10.2 Å². The van der Waals surface area contributed by atoms with E-state index in [2.05, 4.69) is 24.1 Å². The van der Waals surface area contributed by atoms with Crippen molar-refractivity contribution in [2.45, 2.75) is 44.8 Å². The first-order chi connectivity index (χ1) is 10.4. The fourth-order valence-corrected chi connectivity index (χ4v) is 2.96. The van der Waals surface area contributed by atoms with E-state index in [1.807, 2.05) is 24.3 Å². The van der Waals surface area contributed by atoms with Gasteiger partial charge in [0.1, 0.15) is 0 Å². The molecule has 0 unspecified atom stereocenters. The van der Waals surface area contributed by atoms with Gasteiger partial charge in [-0.1, -0.05) is 38.1 Å². The Morgan fingerprint density at radius 2 is 1.57 bits per heavy atom. The molecule has 0 radical (unpaired) electrons. The first-order valence-electron chi connectivity index (χ1n) is 7.98. The van der Waals surface area contributed by atoms with E-state index < -0.39 is 12.6 Å². The van der Waals surface area contributed by atoms with Gasteiger partial charge in [-0.15, -0.1) is 12.4 Å². The molecule has 2 rings (SSSR count). The standard InChI is InChI=1S/C17H25F3N2.ClH/c1-13(2)14-3-5-15(6-4-14)16(7-8-17(18,19)20)22-11-9-21-10-12-22;/h3-6,13,16,21H,7-12H2,1-2H3;1H/t16-;/m0./s1. The Hall–Kier alpha value is -0.780. The van der Waals surface area contributed by atoms with E-state index in [-0.39, 0.29) is 24.9 Å². The molecular formula is C17H26ClF3N2. The van der Waals surface area contributed by atoms with Crippen LogP contribution in [-0.2, 0) is 0 Å². The van der Waals surface area contributed by atoms with Crippen molar-refractivity contribution in [3.05, 3.63) is 35.4 Å². The molecule has 1 heterocycles. The van der Waals surface area contributed by atoms with Gasteiger partial charge in [-0.25, -0.2) is 0 Å². The van der Waals surface area contributed by atoms with Crippen LogP contribution < -0.4 is 5.32 Å². The third kappa shape index (κ3) is 6.32. The molecule has 1 fully saturated rings. The van der Waals surface area contributed by atoms with Crippen molar-refractivity contribution in [3.63, 3.8) is 0 Å². The van der Waals surface area contributed by atoms with Crippen LogP contribution in [0, 0.1) is 0 Å². The van der Waals surface area contributed by atoms with Crippen LogP contribution in [0.4, 0.5) is 13.2 Å². The fraction of sp³-hybridized carbons (Fsp3) is 0.647. The summed E-state index contributed by atoms with van der Waals surface area (Å²) in [5.74, 6) is 0.432. The molecule has 2 nitrogen and oxygen atoms in total. The van der Waals surface area contributed by atoms with Crippen LogP contribution in [-0.4, -0.2) is 37.3 Å². The molecule has 1 aliphatic rings. The molecule has 6 heteroatoms. The van der Waals surface area contributed by atoms with Crippen molar-refractivity contribution in [3.8, 4) is 0 Å². The summed E-state index contributed by atoms with van der Waals surface area (Å²) in [7, 11) is 0. The van der Waals surface area contributed by atoms with Crippen LogP contribution in [0.2, 0.25) is 0 Å². The average Bonchev–Trinajstić information content (AvgIpc) is 2.48. The Bertz CT molecular complexity index is 454. The van der Waals surface area contributed by atoms with E-state index in [4.69, 9.17) is 0 Å². The van der Waals surface area contributed by atoms with Gasteiger partial charge in [0, 0.05) is 38.6 Å². The van der Waals surface area contributed by atoms with Gasteiger partial charge >= 0.3 is 6.18 Å². The number of rotatable bonds is 5. The Labute approximate surface area is 142 Å². The molecule has 0 aromatic heterocycles. The van der Waals surface area contributed by atoms with Gasteiger partial charge in [0.15, 0.2) is 0 Å². The van der Waals surface area contributed by atoms with Crippen LogP contribution in [0.25, 0.3) is 0 Å². The maximum atomic E-state index is 12.6. The summed E-state index contributed by atoms with van der Waals surface area (Å²) in [5.41, 5.74) is 2.22. The molecule has 0 saturated carbocycles. The van der Waals surface area contributed by atoms with Crippen molar-refractivity contribution in [1.29, 1.82) is 0 Å². The highest BCUT2D eigenvalue weighted by Gasteiger charge is 2.31. The number of piperazine rings is 1. The number of benzene rings is 1. The van der Waals surface area contributed by atoms with Gasteiger partial charge in [0.05, 0.1) is 0 Å². The maximum absolute atomic E-state index is 12.6. The molecule has 1 aromatic carbocycles. The quantitative estimate of drug-likeness (QED) is 0.839. The SMILES string of the molecule is CC(C)c1ccc([C@H](CCC(F)(F)F)N2CCNCC2)cc1.Cl. The highest BCUT2D eigenvalue weighted by Crippen LogP contribution is 2.32. The lowest BCUT2D eigenvalue weighted by atomic mass is 9.95. The summed E-state index contributed by atoms with van der Waals surface area (Å²) in [4.78, 5) is 2.17. The van der Waals surface area contributed by atoms with E-state index in [0.29, 0.717) is 5.92 Å². The number of alkyl halides is 3. The zero-order valence-corrected chi connectivity index (χ0v) is 14.5. The number of nitrogens with one attached hydrogen (secondary N) is 1. The lowest BCUT2D eigenvalue weighted by molar-refractivity contribution is -0.138. The summed E-state index contributed by atoms with van der Waals surface area (Å²) in [6.07, 6.45) is -4.69. The third-order valence-corrected chi connectivity index (χ3v) is 4.28. The van der Waals surface area contributed by atoms with Crippen molar-refractivity contribution < 1.29 is 13.2 Å². The molecule has 0 bridgehead atoms. The second-order valence-corrected chi connectivity index (χ2v) is 6.28. The molecule has 23 heavy (non-hydrogen) atoms. The summed E-state index contributed by atoms with van der Waals surface area (Å²) in [6, 6.07) is 7.94. The first-order valence-corrected chi connectivity index (χ1v) is 7.98. The minimum Gasteiger partial charge on any atom is -0.314 e. The van der Waals surface area contributed by atoms with Crippen LogP contribution >= 0.6 is 12.4 Å². The third-order valence-electron chi connectivity index (χ3n) is 4.28. The van der Waals surface area contributed by atoms with E-state index >= 15 is 0 Å². The summed E-state index contributed by atoms with van der Waals surface area (Å²) in [6.45, 7) is 7.51. The first kappa shape index (κ1) is 20.3.